The zero-order valence-electron chi connectivity index (χ0n) is 11.7. The summed E-state index contributed by atoms with van der Waals surface area (Å²) >= 11 is 3.25. The lowest BCUT2D eigenvalue weighted by Crippen LogP contribution is -2.39. The summed E-state index contributed by atoms with van der Waals surface area (Å²) in [6.45, 7) is 2.45. The van der Waals surface area contributed by atoms with Crippen molar-refractivity contribution in [1.82, 2.24) is 10.2 Å². The first-order valence-corrected chi connectivity index (χ1v) is 7.35. The summed E-state index contributed by atoms with van der Waals surface area (Å²) in [7, 11) is 1.67. The number of aliphatic hydroxyl groups excluding tert-OH is 1. The standard InChI is InChI=1S/C14H20BrFN2O2/c1-3-13(10-7-11(15)9-12(16)8-10)17-14(20)18(2)5-4-6-19/h7-9,13,19H,3-6H2,1-2H3,(H,17,20). The Labute approximate surface area is 127 Å². The molecule has 0 aliphatic heterocycles. The number of hydrogen-bond donors (Lipinski definition) is 2. The number of nitrogens with one attached hydrogen (secondary N) is 1. The third-order valence-corrected chi connectivity index (χ3v) is 3.45. The molecule has 6 heteroatoms. The second kappa shape index (κ2) is 8.21. The van der Waals surface area contributed by atoms with Crippen molar-refractivity contribution in [2.45, 2.75) is 25.8 Å². The summed E-state index contributed by atoms with van der Waals surface area (Å²) in [4.78, 5) is 13.5. The van der Waals surface area contributed by atoms with Crippen LogP contribution in [0.15, 0.2) is 22.7 Å². The molecular formula is C14H20BrFN2O2. The Balaban J connectivity index is 2.73. The molecule has 4 nitrogen and oxygen atoms in total. The minimum Gasteiger partial charge on any atom is -0.396 e. The van der Waals surface area contributed by atoms with E-state index in [-0.39, 0.29) is 24.5 Å². The first-order chi connectivity index (χ1) is 9.47. The molecule has 0 radical (unpaired) electrons. The Kier molecular flexibility index (Phi) is 6.95. The minimum atomic E-state index is -0.337. The average molecular weight is 347 g/mol. The monoisotopic (exact) mass is 346 g/mol. The van der Waals surface area contributed by atoms with Crippen LogP contribution in [-0.2, 0) is 0 Å². The quantitative estimate of drug-likeness (QED) is 0.831. The van der Waals surface area contributed by atoms with E-state index in [0.29, 0.717) is 23.9 Å². The molecule has 0 saturated heterocycles. The molecule has 1 rings (SSSR count). The number of halogens is 2. The average Bonchev–Trinajstić information content (AvgIpc) is 2.40. The summed E-state index contributed by atoms with van der Waals surface area (Å²) < 4.78 is 14.1. The lowest BCUT2D eigenvalue weighted by atomic mass is 10.0. The van der Waals surface area contributed by atoms with Crippen LogP contribution in [0.25, 0.3) is 0 Å². The van der Waals surface area contributed by atoms with Gasteiger partial charge in [0.05, 0.1) is 6.04 Å². The van der Waals surface area contributed by atoms with Crippen molar-refractivity contribution in [2.75, 3.05) is 20.2 Å². The first-order valence-electron chi connectivity index (χ1n) is 6.56. The van der Waals surface area contributed by atoms with Crippen LogP contribution < -0.4 is 5.32 Å². The summed E-state index contributed by atoms with van der Waals surface area (Å²) in [6, 6.07) is 4.13. The predicted molar refractivity (Wildman–Crippen MR) is 80.0 cm³/mol. The molecule has 0 saturated carbocycles. The third-order valence-electron chi connectivity index (χ3n) is 2.99. The van der Waals surface area contributed by atoms with Crippen LogP contribution >= 0.6 is 15.9 Å². The lowest BCUT2D eigenvalue weighted by molar-refractivity contribution is 0.197. The number of rotatable bonds is 6. The normalized spacial score (nSPS) is 12.1. The highest BCUT2D eigenvalue weighted by Crippen LogP contribution is 2.22. The van der Waals surface area contributed by atoms with Crippen molar-refractivity contribution in [3.05, 3.63) is 34.1 Å². The van der Waals surface area contributed by atoms with Gasteiger partial charge in [-0.15, -0.1) is 0 Å². The van der Waals surface area contributed by atoms with Crippen molar-refractivity contribution in [1.29, 1.82) is 0 Å². The Morgan fingerprint density at radius 3 is 2.75 bits per heavy atom. The van der Waals surface area contributed by atoms with Crippen LogP contribution in [0.2, 0.25) is 0 Å². The van der Waals surface area contributed by atoms with Crippen molar-refractivity contribution < 1.29 is 14.3 Å². The molecule has 1 aromatic carbocycles. The largest absolute Gasteiger partial charge is 0.396 e. The summed E-state index contributed by atoms with van der Waals surface area (Å²) in [5.74, 6) is -0.337. The third kappa shape index (κ3) is 5.09. The molecule has 0 fully saturated rings. The Bertz CT molecular complexity index is 437. The van der Waals surface area contributed by atoms with Gasteiger partial charge in [0.2, 0.25) is 0 Å². The summed E-state index contributed by atoms with van der Waals surface area (Å²) in [5, 5.41) is 11.6. The van der Waals surface area contributed by atoms with Gasteiger partial charge in [-0.3, -0.25) is 0 Å². The van der Waals surface area contributed by atoms with E-state index in [1.165, 1.54) is 17.0 Å². The van der Waals surface area contributed by atoms with Crippen molar-refractivity contribution in [3.8, 4) is 0 Å². The lowest BCUT2D eigenvalue weighted by Gasteiger charge is -2.23. The van der Waals surface area contributed by atoms with Crippen LogP contribution in [0.3, 0.4) is 0 Å². The molecule has 1 atom stereocenters. The zero-order valence-corrected chi connectivity index (χ0v) is 13.3. The van der Waals surface area contributed by atoms with Gasteiger partial charge in [0.15, 0.2) is 0 Å². The molecular weight excluding hydrogens is 327 g/mol. The van der Waals surface area contributed by atoms with E-state index in [2.05, 4.69) is 21.2 Å². The predicted octanol–water partition coefficient (Wildman–Crippen LogP) is 3.06. The van der Waals surface area contributed by atoms with Gasteiger partial charge >= 0.3 is 6.03 Å². The number of urea groups is 1. The number of aliphatic hydroxyl groups is 1. The topological polar surface area (TPSA) is 52.6 Å². The van der Waals surface area contributed by atoms with E-state index in [9.17, 15) is 9.18 Å². The van der Waals surface area contributed by atoms with Gasteiger partial charge in [-0.1, -0.05) is 22.9 Å². The molecule has 1 unspecified atom stereocenters. The fourth-order valence-corrected chi connectivity index (χ4v) is 2.35. The maximum absolute atomic E-state index is 13.4. The van der Waals surface area contributed by atoms with Crippen LogP contribution in [-0.4, -0.2) is 36.2 Å². The highest BCUT2D eigenvalue weighted by Gasteiger charge is 2.16. The van der Waals surface area contributed by atoms with Gasteiger partial charge in [-0.2, -0.15) is 0 Å². The van der Waals surface area contributed by atoms with Gasteiger partial charge < -0.3 is 15.3 Å². The fraction of sp³-hybridized carbons (Fsp3) is 0.500. The van der Waals surface area contributed by atoms with Gasteiger partial charge in [0.1, 0.15) is 5.82 Å². The van der Waals surface area contributed by atoms with Crippen LogP contribution in [0.4, 0.5) is 9.18 Å². The second-order valence-corrected chi connectivity index (χ2v) is 5.53. The molecule has 1 aromatic rings. The van der Waals surface area contributed by atoms with E-state index >= 15 is 0 Å². The Morgan fingerprint density at radius 2 is 2.20 bits per heavy atom. The van der Waals surface area contributed by atoms with Crippen LogP contribution in [0, 0.1) is 5.82 Å². The number of benzene rings is 1. The van der Waals surface area contributed by atoms with Crippen molar-refractivity contribution in [2.24, 2.45) is 0 Å². The molecule has 0 bridgehead atoms. The Morgan fingerprint density at radius 1 is 1.50 bits per heavy atom. The molecule has 112 valence electrons. The molecule has 0 aliphatic carbocycles. The minimum absolute atomic E-state index is 0.0473. The zero-order chi connectivity index (χ0) is 15.1. The van der Waals surface area contributed by atoms with Crippen LogP contribution in [0.1, 0.15) is 31.4 Å². The Hall–Kier alpha value is -1.14. The molecule has 0 spiro atoms. The van der Waals surface area contributed by atoms with Gasteiger partial charge in [0.25, 0.3) is 0 Å². The number of amides is 2. The number of carbonyl (C=O) groups excluding carboxylic acids is 1. The highest BCUT2D eigenvalue weighted by atomic mass is 79.9. The molecule has 20 heavy (non-hydrogen) atoms. The highest BCUT2D eigenvalue weighted by molar-refractivity contribution is 9.10. The first kappa shape index (κ1) is 16.9. The van der Waals surface area contributed by atoms with Crippen molar-refractivity contribution >= 4 is 22.0 Å². The van der Waals surface area contributed by atoms with Crippen molar-refractivity contribution in [3.63, 3.8) is 0 Å². The molecule has 0 aliphatic rings. The van der Waals surface area contributed by atoms with E-state index in [0.717, 1.165) is 5.56 Å². The number of nitrogens with zero attached hydrogens (tertiary/aromatic N) is 1. The van der Waals surface area contributed by atoms with Crippen LogP contribution in [0.5, 0.6) is 0 Å². The molecule has 0 aromatic heterocycles. The molecule has 0 heterocycles. The van der Waals surface area contributed by atoms with Gasteiger partial charge in [0, 0.05) is 24.7 Å². The molecule has 2 amide bonds. The number of hydrogen-bond acceptors (Lipinski definition) is 2. The smallest absolute Gasteiger partial charge is 0.317 e. The van der Waals surface area contributed by atoms with E-state index in [1.807, 2.05) is 6.92 Å². The maximum Gasteiger partial charge on any atom is 0.317 e. The van der Waals surface area contributed by atoms with E-state index < -0.39 is 0 Å². The fourth-order valence-electron chi connectivity index (χ4n) is 1.87. The maximum atomic E-state index is 13.4. The SMILES string of the molecule is CCC(NC(=O)N(C)CCCO)c1cc(F)cc(Br)c1. The molecule has 2 N–H and O–H groups in total. The summed E-state index contributed by atoms with van der Waals surface area (Å²) in [5.41, 5.74) is 0.725. The second-order valence-electron chi connectivity index (χ2n) is 4.61. The van der Waals surface area contributed by atoms with E-state index in [4.69, 9.17) is 5.11 Å². The number of carbonyl (C=O) groups is 1. The van der Waals surface area contributed by atoms with Gasteiger partial charge in [-0.25, -0.2) is 9.18 Å². The summed E-state index contributed by atoms with van der Waals surface area (Å²) in [6.07, 6.45) is 1.20. The van der Waals surface area contributed by atoms with E-state index in [1.54, 1.807) is 13.1 Å². The van der Waals surface area contributed by atoms with Gasteiger partial charge in [-0.05, 0) is 36.6 Å².